The van der Waals surface area contributed by atoms with E-state index < -0.39 is 0 Å². The first-order valence-electron chi connectivity index (χ1n) is 9.98. The van der Waals surface area contributed by atoms with E-state index in [1.165, 1.54) is 0 Å². The molecule has 0 spiro atoms. The van der Waals surface area contributed by atoms with E-state index in [2.05, 4.69) is 29.5 Å². The van der Waals surface area contributed by atoms with Crippen LogP contribution in [-0.2, 0) is 11.2 Å². The van der Waals surface area contributed by atoms with E-state index in [-0.39, 0.29) is 36.4 Å². The van der Waals surface area contributed by atoms with Crippen LogP contribution in [0.2, 0.25) is 0 Å². The van der Waals surface area contributed by atoms with Gasteiger partial charge < -0.3 is 25.0 Å². The Labute approximate surface area is 192 Å². The number of guanidine groups is 1. The Bertz CT molecular complexity index is 636. The van der Waals surface area contributed by atoms with Crippen LogP contribution in [0.3, 0.4) is 0 Å². The topological polar surface area (TPSA) is 75.2 Å². The number of carbonyl (C=O) groups excluding carboxylic acids is 1. The van der Waals surface area contributed by atoms with Crippen molar-refractivity contribution in [1.29, 1.82) is 0 Å². The van der Waals surface area contributed by atoms with E-state index in [9.17, 15) is 4.79 Å². The fourth-order valence-corrected chi connectivity index (χ4v) is 2.34. The van der Waals surface area contributed by atoms with Crippen molar-refractivity contribution in [3.8, 4) is 11.5 Å². The third kappa shape index (κ3) is 11.2. The molecule has 0 atom stereocenters. The predicted octanol–water partition coefficient (Wildman–Crippen LogP) is 2.92. The van der Waals surface area contributed by atoms with Gasteiger partial charge in [-0.25, -0.2) is 4.99 Å². The second-order valence-electron chi connectivity index (χ2n) is 7.05. The van der Waals surface area contributed by atoms with Crippen LogP contribution in [0.15, 0.2) is 23.2 Å². The molecule has 0 saturated carbocycles. The Balaban J connectivity index is 0.00000784. The normalized spacial score (nSPS) is 10.9. The summed E-state index contributed by atoms with van der Waals surface area (Å²) in [6.07, 6.45) is 0.802. The highest BCUT2D eigenvalue weighted by molar-refractivity contribution is 14.0. The monoisotopic (exact) mass is 520 g/mol. The fourth-order valence-electron chi connectivity index (χ4n) is 2.34. The summed E-state index contributed by atoms with van der Waals surface area (Å²) < 4.78 is 11.3. The van der Waals surface area contributed by atoms with Crippen LogP contribution in [0.5, 0.6) is 11.5 Å². The van der Waals surface area contributed by atoms with Crippen molar-refractivity contribution in [2.45, 2.75) is 34.1 Å². The van der Waals surface area contributed by atoms with Crippen molar-refractivity contribution in [2.24, 2.45) is 10.9 Å². The number of benzene rings is 1. The van der Waals surface area contributed by atoms with Gasteiger partial charge in [0.2, 0.25) is 5.91 Å². The van der Waals surface area contributed by atoms with E-state index >= 15 is 0 Å². The molecule has 0 saturated heterocycles. The van der Waals surface area contributed by atoms with Crippen LogP contribution in [0.25, 0.3) is 0 Å². The molecule has 0 aliphatic rings. The van der Waals surface area contributed by atoms with Crippen LogP contribution in [0.4, 0.5) is 0 Å². The lowest BCUT2D eigenvalue weighted by Gasteiger charge is -2.16. The van der Waals surface area contributed by atoms with Gasteiger partial charge in [-0.3, -0.25) is 4.79 Å². The molecule has 1 rings (SSSR count). The molecule has 8 heteroatoms. The van der Waals surface area contributed by atoms with Gasteiger partial charge in [0.1, 0.15) is 6.54 Å². The lowest BCUT2D eigenvalue weighted by Crippen LogP contribution is -2.41. The third-order valence-corrected chi connectivity index (χ3v) is 3.86. The molecular weight excluding hydrogens is 483 g/mol. The fraction of sp³-hybridized carbons (Fsp3) is 0.619. The molecule has 166 valence electrons. The Kier molecular flexibility index (Phi) is 14.3. The van der Waals surface area contributed by atoms with E-state index in [0.717, 1.165) is 30.0 Å². The van der Waals surface area contributed by atoms with Crippen molar-refractivity contribution < 1.29 is 14.3 Å². The summed E-state index contributed by atoms with van der Waals surface area (Å²) in [4.78, 5) is 17.7. The number of rotatable bonds is 11. The Hall–Kier alpha value is -1.71. The zero-order valence-electron chi connectivity index (χ0n) is 18.6. The minimum Gasteiger partial charge on any atom is -0.490 e. The van der Waals surface area contributed by atoms with Crippen molar-refractivity contribution in [3.63, 3.8) is 0 Å². The zero-order valence-corrected chi connectivity index (χ0v) is 20.9. The Morgan fingerprint density at radius 2 is 1.76 bits per heavy atom. The van der Waals surface area contributed by atoms with Crippen LogP contribution in [0.1, 0.15) is 33.3 Å². The van der Waals surface area contributed by atoms with Crippen molar-refractivity contribution in [3.05, 3.63) is 23.8 Å². The van der Waals surface area contributed by atoms with E-state index in [1.807, 2.05) is 32.0 Å². The highest BCUT2D eigenvalue weighted by Gasteiger charge is 2.08. The molecule has 7 nitrogen and oxygen atoms in total. The molecular formula is C21H37IN4O3. The number of nitrogens with one attached hydrogen (secondary N) is 2. The molecule has 0 aromatic heterocycles. The second kappa shape index (κ2) is 15.2. The highest BCUT2D eigenvalue weighted by Crippen LogP contribution is 2.28. The van der Waals surface area contributed by atoms with E-state index in [4.69, 9.17) is 9.47 Å². The van der Waals surface area contributed by atoms with Crippen molar-refractivity contribution in [1.82, 2.24) is 15.5 Å². The summed E-state index contributed by atoms with van der Waals surface area (Å²) in [6.45, 7) is 11.0. The molecule has 0 fully saturated rings. The van der Waals surface area contributed by atoms with Gasteiger partial charge in [0.15, 0.2) is 17.5 Å². The minimum atomic E-state index is -0.0292. The summed E-state index contributed by atoms with van der Waals surface area (Å²) in [7, 11) is 3.46. The predicted molar refractivity (Wildman–Crippen MR) is 130 cm³/mol. The molecule has 2 N–H and O–H groups in total. The quantitative estimate of drug-likeness (QED) is 0.267. The van der Waals surface area contributed by atoms with Gasteiger partial charge in [-0.15, -0.1) is 24.0 Å². The standard InChI is InChI=1S/C21H36N4O3.HI/c1-7-27-18-10-9-17(13-19(18)28-8-2)11-12-22-21(23-14-16(3)4)24-15-20(26)25(5)6;/h9-10,13,16H,7-8,11-12,14-15H2,1-6H3,(H2,22,23,24);1H. The summed E-state index contributed by atoms with van der Waals surface area (Å²) in [5.41, 5.74) is 1.15. The van der Waals surface area contributed by atoms with Gasteiger partial charge in [0.25, 0.3) is 0 Å². The number of nitrogens with zero attached hydrogens (tertiary/aromatic N) is 2. The number of halogens is 1. The Morgan fingerprint density at radius 3 is 2.34 bits per heavy atom. The zero-order chi connectivity index (χ0) is 20.9. The maximum atomic E-state index is 11.8. The van der Waals surface area contributed by atoms with Crippen LogP contribution >= 0.6 is 24.0 Å². The highest BCUT2D eigenvalue weighted by atomic mass is 127. The molecule has 0 aliphatic heterocycles. The molecule has 0 aliphatic carbocycles. The van der Waals surface area contributed by atoms with Crippen LogP contribution in [0, 0.1) is 5.92 Å². The molecule has 0 unspecified atom stereocenters. The maximum absolute atomic E-state index is 11.8. The summed E-state index contributed by atoms with van der Waals surface area (Å²) in [5, 5.41) is 6.59. The van der Waals surface area contributed by atoms with Crippen molar-refractivity contribution in [2.75, 3.05) is 46.9 Å². The molecule has 0 heterocycles. The number of amides is 1. The van der Waals surface area contributed by atoms with Gasteiger partial charge in [-0.2, -0.15) is 0 Å². The Morgan fingerprint density at radius 1 is 1.10 bits per heavy atom. The molecule has 1 aromatic carbocycles. The lowest BCUT2D eigenvalue weighted by molar-refractivity contribution is -0.127. The molecule has 1 aromatic rings. The van der Waals surface area contributed by atoms with E-state index in [0.29, 0.717) is 31.6 Å². The number of likely N-dealkylation sites (N-methyl/N-ethyl adjacent to an activating group) is 1. The number of carbonyl (C=O) groups is 1. The number of hydrogen-bond donors (Lipinski definition) is 2. The summed E-state index contributed by atoms with van der Waals surface area (Å²) >= 11 is 0. The van der Waals surface area contributed by atoms with Gasteiger partial charge in [0, 0.05) is 27.2 Å². The first-order valence-corrected chi connectivity index (χ1v) is 9.98. The smallest absolute Gasteiger partial charge is 0.243 e. The van der Waals surface area contributed by atoms with Gasteiger partial charge >= 0.3 is 0 Å². The molecule has 1 amide bonds. The first-order chi connectivity index (χ1) is 13.4. The molecule has 0 radical (unpaired) electrons. The average molecular weight is 520 g/mol. The molecule has 0 bridgehead atoms. The largest absolute Gasteiger partial charge is 0.490 e. The van der Waals surface area contributed by atoms with Gasteiger partial charge in [-0.1, -0.05) is 19.9 Å². The third-order valence-electron chi connectivity index (χ3n) is 3.86. The molecule has 29 heavy (non-hydrogen) atoms. The first kappa shape index (κ1) is 27.3. The number of aliphatic imine (C=N–C) groups is 1. The van der Waals surface area contributed by atoms with Crippen LogP contribution < -0.4 is 20.1 Å². The van der Waals surface area contributed by atoms with E-state index in [1.54, 1.807) is 19.0 Å². The lowest BCUT2D eigenvalue weighted by atomic mass is 10.1. The minimum absolute atomic E-state index is 0. The van der Waals surface area contributed by atoms with Gasteiger partial charge in [-0.05, 0) is 43.9 Å². The number of hydrogen-bond acceptors (Lipinski definition) is 4. The van der Waals surface area contributed by atoms with Gasteiger partial charge in [0.05, 0.1) is 13.2 Å². The van der Waals surface area contributed by atoms with Crippen molar-refractivity contribution >= 4 is 35.8 Å². The SMILES string of the molecule is CCOc1ccc(CCNC(=NCC(=O)N(C)C)NCC(C)C)cc1OCC.I. The number of ether oxygens (including phenoxy) is 2. The summed E-state index contributed by atoms with van der Waals surface area (Å²) in [6, 6.07) is 6.01. The average Bonchev–Trinajstić information content (AvgIpc) is 2.65. The summed E-state index contributed by atoms with van der Waals surface area (Å²) in [5.74, 6) is 2.64. The maximum Gasteiger partial charge on any atom is 0.243 e. The van der Waals surface area contributed by atoms with Crippen LogP contribution in [-0.4, -0.2) is 63.7 Å². The second-order valence-corrected chi connectivity index (χ2v) is 7.05.